The molecule has 0 amide bonds. The lowest BCUT2D eigenvalue weighted by molar-refractivity contribution is 0.254. The lowest BCUT2D eigenvalue weighted by atomic mass is 9.88. The maximum Gasteiger partial charge on any atom is 0.123 e. The molecule has 0 aromatic heterocycles. The van der Waals surface area contributed by atoms with Gasteiger partial charge in [0.25, 0.3) is 0 Å². The molecule has 3 heteroatoms. The Bertz CT molecular complexity index is 977. The van der Waals surface area contributed by atoms with Crippen LogP contribution in [0.2, 0.25) is 0 Å². The number of rotatable bonds is 8. The summed E-state index contributed by atoms with van der Waals surface area (Å²) >= 11 is 0. The number of aryl methyl sites for hydroxylation is 2. The van der Waals surface area contributed by atoms with Crippen LogP contribution in [-0.2, 0) is 6.42 Å². The number of halogens is 1. The first-order chi connectivity index (χ1) is 15.4. The van der Waals surface area contributed by atoms with Crippen molar-refractivity contribution in [3.05, 3.63) is 82.7 Å². The van der Waals surface area contributed by atoms with E-state index in [2.05, 4.69) is 43.5 Å². The zero-order valence-electron chi connectivity index (χ0n) is 19.7. The van der Waals surface area contributed by atoms with E-state index < -0.39 is 0 Å². The normalized spacial score (nSPS) is 17.6. The van der Waals surface area contributed by atoms with Crippen LogP contribution in [0.5, 0.6) is 0 Å². The summed E-state index contributed by atoms with van der Waals surface area (Å²) in [7, 11) is 0. The van der Waals surface area contributed by atoms with Gasteiger partial charge in [0, 0.05) is 30.9 Å². The van der Waals surface area contributed by atoms with Crippen molar-refractivity contribution < 1.29 is 4.39 Å². The van der Waals surface area contributed by atoms with Gasteiger partial charge in [-0.25, -0.2) is 4.39 Å². The van der Waals surface area contributed by atoms with E-state index in [-0.39, 0.29) is 5.82 Å². The third-order valence-electron chi connectivity index (χ3n) is 7.23. The standard InChI is InChI=1S/C29H37FN2/c1-20-16-21(2)29(26(10-13-31)18-24-4-5-24)19-28(20)22(3)32-14-11-25(12-15-32)17-23-6-8-27(30)9-7-23/h6-10,16,19,24-25H,3-5,11-15,17-18,31H2,1-2H3/b26-10-. The van der Waals surface area contributed by atoms with Crippen LogP contribution in [0.25, 0.3) is 11.3 Å². The number of nitrogens with two attached hydrogens (primary N) is 1. The molecule has 2 N–H and O–H groups in total. The SMILES string of the molecule is C=C(c1cc(/C(=C\CN)CC2CC2)c(C)cc1C)N1CCC(Cc2ccc(F)cc2)CC1. The van der Waals surface area contributed by atoms with E-state index in [4.69, 9.17) is 5.73 Å². The van der Waals surface area contributed by atoms with Gasteiger partial charge in [0.15, 0.2) is 0 Å². The largest absolute Gasteiger partial charge is 0.372 e. The molecule has 1 aliphatic carbocycles. The first kappa shape index (κ1) is 22.8. The van der Waals surface area contributed by atoms with E-state index in [1.165, 1.54) is 46.2 Å². The summed E-state index contributed by atoms with van der Waals surface area (Å²) in [5.41, 5.74) is 14.9. The summed E-state index contributed by atoms with van der Waals surface area (Å²) < 4.78 is 13.2. The second-order valence-electron chi connectivity index (χ2n) is 9.80. The van der Waals surface area contributed by atoms with Gasteiger partial charge in [0.05, 0.1) is 0 Å². The predicted octanol–water partition coefficient (Wildman–Crippen LogP) is 6.51. The van der Waals surface area contributed by atoms with Crippen molar-refractivity contribution in [3.8, 4) is 0 Å². The number of likely N-dealkylation sites (tertiary alicyclic amines) is 1. The van der Waals surface area contributed by atoms with E-state index in [1.54, 1.807) is 12.1 Å². The minimum atomic E-state index is -0.158. The first-order valence-corrected chi connectivity index (χ1v) is 12.1. The predicted molar refractivity (Wildman–Crippen MR) is 134 cm³/mol. The molecule has 0 spiro atoms. The number of piperidine rings is 1. The second kappa shape index (κ2) is 10.0. The molecular weight excluding hydrogens is 395 g/mol. The van der Waals surface area contributed by atoms with Crippen molar-refractivity contribution >= 4 is 11.3 Å². The van der Waals surface area contributed by atoms with Crippen LogP contribution in [0, 0.1) is 31.5 Å². The van der Waals surface area contributed by atoms with E-state index in [1.807, 2.05) is 12.1 Å². The molecule has 170 valence electrons. The Kier molecular flexibility index (Phi) is 7.15. The fraction of sp³-hybridized carbons (Fsp3) is 0.448. The highest BCUT2D eigenvalue weighted by Gasteiger charge is 2.25. The van der Waals surface area contributed by atoms with Crippen molar-refractivity contribution in [3.63, 3.8) is 0 Å². The summed E-state index contributed by atoms with van der Waals surface area (Å²) in [5, 5.41) is 0. The van der Waals surface area contributed by atoms with Crippen LogP contribution >= 0.6 is 0 Å². The summed E-state index contributed by atoms with van der Waals surface area (Å²) in [6.07, 6.45) is 9.37. The Hall–Kier alpha value is -2.39. The highest BCUT2D eigenvalue weighted by molar-refractivity contribution is 5.75. The lowest BCUT2D eigenvalue weighted by Crippen LogP contribution is -2.33. The van der Waals surface area contributed by atoms with Gasteiger partial charge in [-0.2, -0.15) is 0 Å². The third-order valence-corrected chi connectivity index (χ3v) is 7.23. The zero-order chi connectivity index (χ0) is 22.7. The molecule has 0 bridgehead atoms. The highest BCUT2D eigenvalue weighted by atomic mass is 19.1. The quantitative estimate of drug-likeness (QED) is 0.515. The Balaban J connectivity index is 1.45. The summed E-state index contributed by atoms with van der Waals surface area (Å²) in [4.78, 5) is 2.45. The molecule has 1 saturated carbocycles. The summed E-state index contributed by atoms with van der Waals surface area (Å²) in [5.74, 6) is 1.33. The van der Waals surface area contributed by atoms with Gasteiger partial charge in [-0.1, -0.05) is 30.9 Å². The molecule has 2 aliphatic rings. The Morgan fingerprint density at radius 1 is 1.00 bits per heavy atom. The van der Waals surface area contributed by atoms with Crippen molar-refractivity contribution in [1.82, 2.24) is 4.90 Å². The smallest absolute Gasteiger partial charge is 0.123 e. The van der Waals surface area contributed by atoms with E-state index >= 15 is 0 Å². The Labute approximate surface area is 193 Å². The van der Waals surface area contributed by atoms with Gasteiger partial charge in [0.2, 0.25) is 0 Å². The van der Waals surface area contributed by atoms with Crippen LogP contribution in [0.15, 0.2) is 49.1 Å². The molecule has 4 rings (SSSR count). The summed E-state index contributed by atoms with van der Waals surface area (Å²) in [6.45, 7) is 11.6. The van der Waals surface area contributed by atoms with Crippen molar-refractivity contribution in [2.75, 3.05) is 19.6 Å². The fourth-order valence-electron chi connectivity index (χ4n) is 5.12. The number of allylic oxidation sites excluding steroid dienone is 1. The number of nitrogens with zero attached hydrogens (tertiary/aromatic N) is 1. The van der Waals surface area contributed by atoms with Crippen molar-refractivity contribution in [2.45, 2.75) is 52.4 Å². The van der Waals surface area contributed by atoms with Gasteiger partial charge >= 0.3 is 0 Å². The topological polar surface area (TPSA) is 29.3 Å². The minimum Gasteiger partial charge on any atom is -0.372 e. The number of hydrogen-bond donors (Lipinski definition) is 1. The average Bonchev–Trinajstić information content (AvgIpc) is 3.59. The highest BCUT2D eigenvalue weighted by Crippen LogP contribution is 2.40. The van der Waals surface area contributed by atoms with Crippen molar-refractivity contribution in [2.24, 2.45) is 17.6 Å². The molecule has 1 heterocycles. The van der Waals surface area contributed by atoms with E-state index in [9.17, 15) is 4.39 Å². The Morgan fingerprint density at radius 2 is 1.66 bits per heavy atom. The average molecular weight is 433 g/mol. The molecule has 2 aromatic carbocycles. The van der Waals surface area contributed by atoms with E-state index in [0.29, 0.717) is 12.5 Å². The fourth-order valence-corrected chi connectivity index (χ4v) is 5.12. The number of benzene rings is 2. The van der Waals surface area contributed by atoms with Gasteiger partial charge in [-0.3, -0.25) is 0 Å². The van der Waals surface area contributed by atoms with Gasteiger partial charge in [0.1, 0.15) is 5.82 Å². The van der Waals surface area contributed by atoms with Crippen LogP contribution in [0.3, 0.4) is 0 Å². The second-order valence-corrected chi connectivity index (χ2v) is 9.80. The lowest BCUT2D eigenvalue weighted by Gasteiger charge is -2.35. The molecule has 2 fully saturated rings. The molecule has 32 heavy (non-hydrogen) atoms. The monoisotopic (exact) mass is 432 g/mol. The molecule has 1 saturated heterocycles. The molecule has 0 radical (unpaired) electrons. The molecule has 0 unspecified atom stereocenters. The minimum absolute atomic E-state index is 0.158. The van der Waals surface area contributed by atoms with Gasteiger partial charge < -0.3 is 10.6 Å². The van der Waals surface area contributed by atoms with Gasteiger partial charge in [-0.05, 0) is 110 Å². The molecule has 1 aliphatic heterocycles. The molecular formula is C29H37FN2. The molecule has 0 atom stereocenters. The maximum absolute atomic E-state index is 13.2. The third kappa shape index (κ3) is 5.50. The van der Waals surface area contributed by atoms with Crippen molar-refractivity contribution in [1.29, 1.82) is 0 Å². The Morgan fingerprint density at radius 3 is 2.28 bits per heavy atom. The van der Waals surface area contributed by atoms with Crippen LogP contribution in [-0.4, -0.2) is 24.5 Å². The molecule has 2 nitrogen and oxygen atoms in total. The molecule has 2 aromatic rings. The van der Waals surface area contributed by atoms with Crippen LogP contribution < -0.4 is 5.73 Å². The van der Waals surface area contributed by atoms with E-state index in [0.717, 1.165) is 50.4 Å². The zero-order valence-corrected chi connectivity index (χ0v) is 19.7. The van der Waals surface area contributed by atoms with Gasteiger partial charge in [-0.15, -0.1) is 0 Å². The van der Waals surface area contributed by atoms with Crippen LogP contribution in [0.1, 0.15) is 59.9 Å². The first-order valence-electron chi connectivity index (χ1n) is 12.1. The summed E-state index contributed by atoms with van der Waals surface area (Å²) in [6, 6.07) is 11.7. The maximum atomic E-state index is 13.2. The van der Waals surface area contributed by atoms with Crippen LogP contribution in [0.4, 0.5) is 4.39 Å². The number of hydrogen-bond acceptors (Lipinski definition) is 2.